The topological polar surface area (TPSA) is 85.8 Å². The number of hydrogen-bond acceptors (Lipinski definition) is 4. The third kappa shape index (κ3) is 2.25. The third-order valence-electron chi connectivity index (χ3n) is 2.42. The van der Waals surface area contributed by atoms with Crippen molar-refractivity contribution in [1.29, 1.82) is 0 Å². The summed E-state index contributed by atoms with van der Waals surface area (Å²) < 4.78 is 1.58. The summed E-state index contributed by atoms with van der Waals surface area (Å²) in [5.74, 6) is 0.378. The number of nitrogens with one attached hydrogen (secondary N) is 1. The number of rotatable bonds is 2. The van der Waals surface area contributed by atoms with E-state index in [1.54, 1.807) is 37.0 Å². The normalized spacial score (nSPS) is 10.2. The van der Waals surface area contributed by atoms with E-state index < -0.39 is 0 Å². The number of hydrogen-bond donors (Lipinski definition) is 2. The monoisotopic (exact) mass is 231 g/mol. The number of aryl methyl sites for hydroxylation is 2. The number of nitrogen functional groups attached to an aromatic ring is 1. The van der Waals surface area contributed by atoms with E-state index >= 15 is 0 Å². The second kappa shape index (κ2) is 4.25. The Kier molecular flexibility index (Phi) is 2.78. The molecule has 0 unspecified atom stereocenters. The molecule has 2 aromatic rings. The Hall–Kier alpha value is -2.37. The van der Waals surface area contributed by atoms with Gasteiger partial charge in [-0.15, -0.1) is 0 Å². The minimum Gasteiger partial charge on any atom is -0.397 e. The molecule has 0 aliphatic rings. The predicted octanol–water partition coefficient (Wildman–Crippen LogP) is 0.958. The van der Waals surface area contributed by atoms with Crippen molar-refractivity contribution in [2.24, 2.45) is 7.05 Å². The van der Waals surface area contributed by atoms with Gasteiger partial charge in [0.05, 0.1) is 29.3 Å². The summed E-state index contributed by atoms with van der Waals surface area (Å²) >= 11 is 0. The number of nitrogens with two attached hydrogens (primary N) is 1. The highest BCUT2D eigenvalue weighted by molar-refractivity contribution is 6.05. The molecule has 0 spiro atoms. The van der Waals surface area contributed by atoms with E-state index in [0.717, 1.165) is 0 Å². The standard InChI is InChI=1S/C11H13N5O/c1-7-9(5-8(12)6-13-7)11(17)15-10-3-4-14-16(10)2/h3-6H,12H2,1-2H3,(H,15,17). The molecule has 2 rings (SSSR count). The molecule has 0 bridgehead atoms. The van der Waals surface area contributed by atoms with Crippen LogP contribution < -0.4 is 11.1 Å². The summed E-state index contributed by atoms with van der Waals surface area (Å²) in [6, 6.07) is 3.32. The van der Waals surface area contributed by atoms with Crippen LogP contribution in [0.25, 0.3) is 0 Å². The molecule has 88 valence electrons. The Morgan fingerprint density at radius 3 is 2.94 bits per heavy atom. The van der Waals surface area contributed by atoms with Gasteiger partial charge in [0.1, 0.15) is 5.82 Å². The maximum atomic E-state index is 12.0. The highest BCUT2D eigenvalue weighted by Gasteiger charge is 2.12. The first-order valence-electron chi connectivity index (χ1n) is 5.09. The molecular formula is C11H13N5O. The van der Waals surface area contributed by atoms with Crippen molar-refractivity contribution in [3.63, 3.8) is 0 Å². The van der Waals surface area contributed by atoms with Crippen molar-refractivity contribution in [3.8, 4) is 0 Å². The van der Waals surface area contributed by atoms with E-state index in [1.807, 2.05) is 0 Å². The van der Waals surface area contributed by atoms with Gasteiger partial charge < -0.3 is 11.1 Å². The smallest absolute Gasteiger partial charge is 0.258 e. The number of anilines is 2. The van der Waals surface area contributed by atoms with Gasteiger partial charge in [0.2, 0.25) is 0 Å². The number of carbonyl (C=O) groups is 1. The van der Waals surface area contributed by atoms with Crippen molar-refractivity contribution in [2.45, 2.75) is 6.92 Å². The summed E-state index contributed by atoms with van der Waals surface area (Å²) in [6.45, 7) is 1.76. The van der Waals surface area contributed by atoms with E-state index in [-0.39, 0.29) is 5.91 Å². The van der Waals surface area contributed by atoms with Crippen LogP contribution in [0, 0.1) is 6.92 Å². The number of amides is 1. The minimum atomic E-state index is -0.245. The number of carbonyl (C=O) groups excluding carboxylic acids is 1. The van der Waals surface area contributed by atoms with Gasteiger partial charge >= 0.3 is 0 Å². The van der Waals surface area contributed by atoms with E-state index in [0.29, 0.717) is 22.8 Å². The first-order valence-corrected chi connectivity index (χ1v) is 5.09. The molecule has 17 heavy (non-hydrogen) atoms. The third-order valence-corrected chi connectivity index (χ3v) is 2.42. The van der Waals surface area contributed by atoms with Crippen molar-refractivity contribution in [2.75, 3.05) is 11.1 Å². The van der Waals surface area contributed by atoms with Crippen LogP contribution in [0.2, 0.25) is 0 Å². The van der Waals surface area contributed by atoms with Gasteiger partial charge in [-0.05, 0) is 13.0 Å². The Morgan fingerprint density at radius 2 is 2.29 bits per heavy atom. The molecule has 0 atom stereocenters. The maximum Gasteiger partial charge on any atom is 0.258 e. The lowest BCUT2D eigenvalue weighted by Gasteiger charge is -2.07. The molecule has 0 radical (unpaired) electrons. The predicted molar refractivity (Wildman–Crippen MR) is 64.5 cm³/mol. The average Bonchev–Trinajstić information content (AvgIpc) is 2.68. The molecule has 2 aromatic heterocycles. The quantitative estimate of drug-likeness (QED) is 0.806. The lowest BCUT2D eigenvalue weighted by atomic mass is 10.2. The molecule has 6 heteroatoms. The molecule has 2 heterocycles. The zero-order chi connectivity index (χ0) is 12.4. The van der Waals surface area contributed by atoms with Crippen LogP contribution in [0.3, 0.4) is 0 Å². The largest absolute Gasteiger partial charge is 0.397 e. The molecule has 0 saturated heterocycles. The molecule has 6 nitrogen and oxygen atoms in total. The van der Waals surface area contributed by atoms with Gasteiger partial charge in [-0.25, -0.2) is 0 Å². The van der Waals surface area contributed by atoms with Gasteiger partial charge in [-0.1, -0.05) is 0 Å². The van der Waals surface area contributed by atoms with E-state index in [1.165, 1.54) is 6.20 Å². The molecule has 0 aliphatic carbocycles. The van der Waals surface area contributed by atoms with Crippen LogP contribution in [-0.2, 0) is 7.05 Å². The molecule has 0 saturated carbocycles. The fourth-order valence-electron chi connectivity index (χ4n) is 1.46. The zero-order valence-corrected chi connectivity index (χ0v) is 9.64. The first-order chi connectivity index (χ1) is 8.08. The van der Waals surface area contributed by atoms with E-state index in [4.69, 9.17) is 5.73 Å². The highest BCUT2D eigenvalue weighted by atomic mass is 16.1. The van der Waals surface area contributed by atoms with Crippen molar-refractivity contribution < 1.29 is 4.79 Å². The van der Waals surface area contributed by atoms with E-state index in [2.05, 4.69) is 15.4 Å². The zero-order valence-electron chi connectivity index (χ0n) is 9.64. The SMILES string of the molecule is Cc1ncc(N)cc1C(=O)Nc1ccnn1C. The van der Waals surface area contributed by atoms with Crippen LogP contribution >= 0.6 is 0 Å². The van der Waals surface area contributed by atoms with Crippen LogP contribution in [-0.4, -0.2) is 20.7 Å². The summed E-state index contributed by atoms with van der Waals surface area (Å²) in [5, 5.41) is 6.71. The minimum absolute atomic E-state index is 0.245. The van der Waals surface area contributed by atoms with Crippen LogP contribution in [0.1, 0.15) is 16.1 Å². The van der Waals surface area contributed by atoms with Gasteiger partial charge in [0, 0.05) is 13.1 Å². The molecule has 0 fully saturated rings. The van der Waals surface area contributed by atoms with Crippen molar-refractivity contribution >= 4 is 17.4 Å². The second-order valence-corrected chi connectivity index (χ2v) is 3.70. The van der Waals surface area contributed by atoms with Crippen molar-refractivity contribution in [3.05, 3.63) is 35.8 Å². The summed E-state index contributed by atoms with van der Waals surface area (Å²) in [4.78, 5) is 16.0. The van der Waals surface area contributed by atoms with Crippen LogP contribution in [0.4, 0.5) is 11.5 Å². The molecule has 0 aliphatic heterocycles. The highest BCUT2D eigenvalue weighted by Crippen LogP contribution is 2.12. The van der Waals surface area contributed by atoms with Crippen molar-refractivity contribution in [1.82, 2.24) is 14.8 Å². The van der Waals surface area contributed by atoms with Crippen LogP contribution in [0.5, 0.6) is 0 Å². The fraction of sp³-hybridized carbons (Fsp3) is 0.182. The number of aromatic nitrogens is 3. The summed E-state index contributed by atoms with van der Waals surface area (Å²) in [6.07, 6.45) is 3.14. The Bertz CT molecular complexity index is 561. The molecule has 1 amide bonds. The second-order valence-electron chi connectivity index (χ2n) is 3.70. The Balaban J connectivity index is 2.26. The van der Waals surface area contributed by atoms with Gasteiger partial charge in [-0.2, -0.15) is 5.10 Å². The lowest BCUT2D eigenvalue weighted by molar-refractivity contribution is 0.102. The van der Waals surface area contributed by atoms with Gasteiger partial charge in [0.25, 0.3) is 5.91 Å². The van der Waals surface area contributed by atoms with Gasteiger partial charge in [0.15, 0.2) is 0 Å². The van der Waals surface area contributed by atoms with Crippen LogP contribution in [0.15, 0.2) is 24.5 Å². The summed E-state index contributed by atoms with van der Waals surface area (Å²) in [5.41, 5.74) is 7.17. The lowest BCUT2D eigenvalue weighted by Crippen LogP contribution is -2.16. The molecule has 3 N–H and O–H groups in total. The molecule has 0 aromatic carbocycles. The first kappa shape index (κ1) is 11.1. The number of pyridine rings is 1. The summed E-state index contributed by atoms with van der Waals surface area (Å²) in [7, 11) is 1.75. The number of nitrogens with zero attached hydrogens (tertiary/aromatic N) is 3. The average molecular weight is 231 g/mol. The Morgan fingerprint density at radius 1 is 1.53 bits per heavy atom. The maximum absolute atomic E-state index is 12.0. The molecular weight excluding hydrogens is 218 g/mol. The van der Waals surface area contributed by atoms with E-state index in [9.17, 15) is 4.79 Å². The fourth-order valence-corrected chi connectivity index (χ4v) is 1.46. The van der Waals surface area contributed by atoms with Gasteiger partial charge in [-0.3, -0.25) is 14.5 Å². The Labute approximate surface area is 98.5 Å².